The monoisotopic (exact) mass is 350 g/mol. The fourth-order valence-corrected chi connectivity index (χ4v) is 3.65. The Bertz CT molecular complexity index is 732. The molecule has 0 aromatic carbocycles. The van der Waals surface area contributed by atoms with Crippen molar-refractivity contribution in [1.82, 2.24) is 16.3 Å². The lowest BCUT2D eigenvalue weighted by molar-refractivity contribution is -0.155. The standard InChI is InChI=1S/C15H18N4O6/c1-23-10(20)9-13-6-4-5-7-14(13,8-13)15(18-16-9,11(21)24-2)19-17-12(22)25-3/h4-7,18-19H,8H2,1-3H3,(H,17,22). The predicted molar refractivity (Wildman–Crippen MR) is 83.8 cm³/mol. The molecule has 3 rings (SSSR count). The van der Waals surface area contributed by atoms with Crippen LogP contribution in [0.25, 0.3) is 0 Å². The number of carbonyl (C=O) groups is 3. The number of amides is 1. The van der Waals surface area contributed by atoms with Crippen molar-refractivity contribution < 1.29 is 28.6 Å². The second kappa shape index (κ2) is 5.59. The normalized spacial score (nSPS) is 33.8. The minimum atomic E-state index is -1.63. The summed E-state index contributed by atoms with van der Waals surface area (Å²) in [5.74, 6) is -1.31. The lowest BCUT2D eigenvalue weighted by Gasteiger charge is -2.43. The van der Waals surface area contributed by atoms with E-state index in [2.05, 4.69) is 26.1 Å². The number of carbonyl (C=O) groups excluding carboxylic acids is 3. The van der Waals surface area contributed by atoms with Crippen LogP contribution < -0.4 is 16.3 Å². The highest BCUT2D eigenvalue weighted by molar-refractivity contribution is 6.40. The van der Waals surface area contributed by atoms with Gasteiger partial charge in [-0.05, 0) is 6.42 Å². The topological polar surface area (TPSA) is 127 Å². The van der Waals surface area contributed by atoms with Gasteiger partial charge in [-0.15, -0.1) is 0 Å². The van der Waals surface area contributed by atoms with Crippen LogP contribution in [0, 0.1) is 10.8 Å². The number of hydrogen-bond donors (Lipinski definition) is 3. The van der Waals surface area contributed by atoms with Crippen molar-refractivity contribution in [2.75, 3.05) is 21.3 Å². The van der Waals surface area contributed by atoms with E-state index >= 15 is 0 Å². The van der Waals surface area contributed by atoms with E-state index in [1.165, 1.54) is 21.3 Å². The zero-order valence-corrected chi connectivity index (χ0v) is 13.9. The van der Waals surface area contributed by atoms with Crippen LogP contribution in [-0.4, -0.2) is 50.7 Å². The average molecular weight is 350 g/mol. The SMILES string of the molecule is COC(=O)NNC1(C(=O)OC)NN=C(C(=O)OC)C23C=CC=CC21C3. The van der Waals surface area contributed by atoms with E-state index in [0.29, 0.717) is 6.42 Å². The highest BCUT2D eigenvalue weighted by atomic mass is 16.5. The molecule has 1 saturated carbocycles. The number of hydrogen-bond acceptors (Lipinski definition) is 9. The van der Waals surface area contributed by atoms with Gasteiger partial charge in [0, 0.05) is 0 Å². The van der Waals surface area contributed by atoms with Crippen LogP contribution >= 0.6 is 0 Å². The largest absolute Gasteiger partial charge is 0.466 e. The quantitative estimate of drug-likeness (QED) is 0.347. The molecule has 134 valence electrons. The molecule has 25 heavy (non-hydrogen) atoms. The van der Waals surface area contributed by atoms with E-state index in [0.717, 1.165) is 0 Å². The van der Waals surface area contributed by atoms with Crippen LogP contribution in [0.4, 0.5) is 4.79 Å². The van der Waals surface area contributed by atoms with Crippen LogP contribution in [0.5, 0.6) is 0 Å². The van der Waals surface area contributed by atoms with E-state index in [4.69, 9.17) is 9.47 Å². The smallest absolute Gasteiger partial charge is 0.421 e. The molecule has 3 unspecified atom stereocenters. The highest BCUT2D eigenvalue weighted by Gasteiger charge is 2.82. The first-order chi connectivity index (χ1) is 11.9. The number of rotatable bonds is 4. The first-order valence-corrected chi connectivity index (χ1v) is 7.43. The number of hydrazone groups is 1. The van der Waals surface area contributed by atoms with Crippen molar-refractivity contribution in [3.63, 3.8) is 0 Å². The van der Waals surface area contributed by atoms with Crippen molar-refractivity contribution in [3.05, 3.63) is 24.3 Å². The fourth-order valence-electron chi connectivity index (χ4n) is 3.65. The van der Waals surface area contributed by atoms with Gasteiger partial charge in [0.2, 0.25) is 5.66 Å². The lowest BCUT2D eigenvalue weighted by Crippen LogP contribution is -2.73. The lowest BCUT2D eigenvalue weighted by atomic mass is 9.75. The molecule has 0 aromatic heterocycles. The molecule has 1 aliphatic heterocycles. The zero-order chi connectivity index (χ0) is 18.3. The number of ether oxygens (including phenoxy) is 3. The molecule has 3 atom stereocenters. The zero-order valence-electron chi connectivity index (χ0n) is 13.9. The van der Waals surface area contributed by atoms with Gasteiger partial charge in [-0.1, -0.05) is 24.3 Å². The Labute approximate surface area is 143 Å². The minimum absolute atomic E-state index is 0.148. The molecule has 0 radical (unpaired) electrons. The molecule has 1 heterocycles. The second-order valence-corrected chi connectivity index (χ2v) is 5.88. The van der Waals surface area contributed by atoms with Crippen molar-refractivity contribution in [2.24, 2.45) is 15.9 Å². The van der Waals surface area contributed by atoms with Crippen LogP contribution in [0.3, 0.4) is 0 Å². The van der Waals surface area contributed by atoms with Crippen LogP contribution in [0.15, 0.2) is 29.4 Å². The maximum atomic E-state index is 12.6. The van der Waals surface area contributed by atoms with Gasteiger partial charge in [0.1, 0.15) is 0 Å². The van der Waals surface area contributed by atoms with E-state index < -0.39 is 34.5 Å². The van der Waals surface area contributed by atoms with E-state index in [-0.39, 0.29) is 5.71 Å². The maximum absolute atomic E-state index is 12.6. The maximum Gasteiger partial charge on any atom is 0.421 e. The molecular weight excluding hydrogens is 332 g/mol. The Kier molecular flexibility index (Phi) is 3.79. The summed E-state index contributed by atoms with van der Waals surface area (Å²) >= 11 is 0. The Morgan fingerprint density at radius 1 is 1.12 bits per heavy atom. The van der Waals surface area contributed by atoms with Gasteiger partial charge >= 0.3 is 18.0 Å². The van der Waals surface area contributed by atoms with Gasteiger partial charge in [0.25, 0.3) is 0 Å². The van der Waals surface area contributed by atoms with Gasteiger partial charge in [-0.2, -0.15) is 10.5 Å². The Balaban J connectivity index is 2.08. The number of methoxy groups -OCH3 is 3. The van der Waals surface area contributed by atoms with Crippen LogP contribution in [0.1, 0.15) is 6.42 Å². The van der Waals surface area contributed by atoms with Crippen molar-refractivity contribution in [2.45, 2.75) is 12.1 Å². The minimum Gasteiger partial charge on any atom is -0.466 e. The third kappa shape index (κ3) is 2.00. The molecule has 3 aliphatic rings. The van der Waals surface area contributed by atoms with Crippen molar-refractivity contribution >= 4 is 23.7 Å². The van der Waals surface area contributed by atoms with Gasteiger partial charge in [-0.25, -0.2) is 14.4 Å². The molecule has 10 heteroatoms. The van der Waals surface area contributed by atoms with Crippen LogP contribution in [0.2, 0.25) is 0 Å². The van der Waals surface area contributed by atoms with E-state index in [1.807, 2.05) is 0 Å². The van der Waals surface area contributed by atoms with Gasteiger partial charge in [0.05, 0.1) is 32.2 Å². The summed E-state index contributed by atoms with van der Waals surface area (Å²) in [4.78, 5) is 36.3. The van der Waals surface area contributed by atoms with E-state index in [9.17, 15) is 14.4 Å². The summed E-state index contributed by atoms with van der Waals surface area (Å²) in [6, 6.07) is 0. The molecule has 2 aliphatic carbocycles. The van der Waals surface area contributed by atoms with Gasteiger partial charge in [-0.3, -0.25) is 10.9 Å². The second-order valence-electron chi connectivity index (χ2n) is 5.88. The summed E-state index contributed by atoms with van der Waals surface area (Å²) in [5.41, 5.74) is 4.31. The average Bonchev–Trinajstić information content (AvgIpc) is 3.36. The molecule has 0 aromatic rings. The number of allylic oxidation sites excluding steroid dienone is 3. The predicted octanol–water partition coefficient (Wildman–Crippen LogP) is -0.649. The van der Waals surface area contributed by atoms with Gasteiger partial charge in [0.15, 0.2) is 5.71 Å². The van der Waals surface area contributed by atoms with E-state index in [1.54, 1.807) is 24.3 Å². The molecule has 0 spiro atoms. The van der Waals surface area contributed by atoms with Crippen molar-refractivity contribution in [1.29, 1.82) is 0 Å². The summed E-state index contributed by atoms with van der Waals surface area (Å²) in [6.07, 6.45) is 6.68. The number of esters is 2. The first kappa shape index (κ1) is 17.0. The first-order valence-electron chi connectivity index (χ1n) is 7.43. The molecule has 0 saturated heterocycles. The molecule has 1 fully saturated rings. The van der Waals surface area contributed by atoms with Crippen molar-refractivity contribution in [3.8, 4) is 0 Å². The fraction of sp³-hybridized carbons (Fsp3) is 0.467. The summed E-state index contributed by atoms with van der Waals surface area (Å²) < 4.78 is 14.2. The van der Waals surface area contributed by atoms with Gasteiger partial charge < -0.3 is 14.2 Å². The Morgan fingerprint density at radius 2 is 1.84 bits per heavy atom. The molecular formula is C15H18N4O6. The number of nitrogens with one attached hydrogen (secondary N) is 3. The third-order valence-corrected chi connectivity index (χ3v) is 4.94. The summed E-state index contributed by atoms with van der Waals surface area (Å²) in [6.45, 7) is 0. The third-order valence-electron chi connectivity index (χ3n) is 4.94. The number of nitrogens with zero attached hydrogens (tertiary/aromatic N) is 1. The Hall–Kier alpha value is -2.88. The highest BCUT2D eigenvalue weighted by Crippen LogP contribution is 2.73. The Morgan fingerprint density at radius 3 is 2.48 bits per heavy atom. The van der Waals surface area contributed by atoms with Crippen LogP contribution in [-0.2, 0) is 23.8 Å². The molecule has 0 bridgehead atoms. The molecule has 3 N–H and O–H groups in total. The summed E-state index contributed by atoms with van der Waals surface area (Å²) in [5, 5.41) is 4.07. The number of hydrazine groups is 1. The molecule has 10 nitrogen and oxygen atoms in total. The summed E-state index contributed by atoms with van der Waals surface area (Å²) in [7, 11) is 3.66. The molecule has 1 amide bonds.